The van der Waals surface area contributed by atoms with Crippen LogP contribution in [0.5, 0.6) is 0 Å². The highest BCUT2D eigenvalue weighted by Gasteiger charge is 2.31. The lowest BCUT2D eigenvalue weighted by atomic mass is 10.1. The molecule has 0 radical (unpaired) electrons. The van der Waals surface area contributed by atoms with Crippen LogP contribution in [0.2, 0.25) is 0 Å². The molecular weight excluding hydrogens is 250 g/mol. The maximum Gasteiger partial charge on any atom is 0.220 e. The van der Waals surface area contributed by atoms with E-state index in [-0.39, 0.29) is 11.8 Å². The van der Waals surface area contributed by atoms with Gasteiger partial charge in [0.2, 0.25) is 10.0 Å². The third-order valence-electron chi connectivity index (χ3n) is 3.26. The number of aromatic nitrogens is 1. The van der Waals surface area contributed by atoms with E-state index in [9.17, 15) is 8.42 Å². The molecule has 1 aromatic rings. The molecule has 1 atom stereocenters. The van der Waals surface area contributed by atoms with E-state index < -0.39 is 10.0 Å². The van der Waals surface area contributed by atoms with Gasteiger partial charge in [0.15, 0.2) is 0 Å². The Labute approximate surface area is 108 Å². The normalized spacial score (nSPS) is 21.9. The summed E-state index contributed by atoms with van der Waals surface area (Å²) in [6.45, 7) is 0.971. The largest absolute Gasteiger partial charge is 0.329 e. The fourth-order valence-electron chi connectivity index (χ4n) is 2.33. The maximum absolute atomic E-state index is 12.4. The van der Waals surface area contributed by atoms with Crippen molar-refractivity contribution in [2.24, 2.45) is 5.73 Å². The first-order valence-corrected chi connectivity index (χ1v) is 7.84. The molecule has 0 aliphatic carbocycles. The number of pyridine rings is 1. The van der Waals surface area contributed by atoms with Crippen molar-refractivity contribution in [1.29, 1.82) is 0 Å². The van der Waals surface area contributed by atoms with E-state index in [0.29, 0.717) is 18.8 Å². The lowest BCUT2D eigenvalue weighted by Gasteiger charge is -2.33. The Kier molecular flexibility index (Phi) is 4.31. The summed E-state index contributed by atoms with van der Waals surface area (Å²) >= 11 is 0. The standard InChI is InChI=1S/C12H19N3O2S/c13-9-12-6-2-4-8-15(12)18(16,17)10-11-5-1-3-7-14-11/h1,3,5,7,12H,2,4,6,8-10,13H2/t12-/m0/s1. The minimum Gasteiger partial charge on any atom is -0.329 e. The topological polar surface area (TPSA) is 76.3 Å². The van der Waals surface area contributed by atoms with Crippen LogP contribution in [0.1, 0.15) is 25.0 Å². The molecule has 1 aliphatic rings. The Morgan fingerprint density at radius 1 is 1.39 bits per heavy atom. The Morgan fingerprint density at radius 2 is 2.22 bits per heavy atom. The minimum atomic E-state index is -3.31. The molecule has 2 rings (SSSR count). The molecule has 1 aliphatic heterocycles. The van der Waals surface area contributed by atoms with Crippen molar-refractivity contribution in [1.82, 2.24) is 9.29 Å². The fraction of sp³-hybridized carbons (Fsp3) is 0.583. The van der Waals surface area contributed by atoms with E-state index in [1.54, 1.807) is 28.7 Å². The van der Waals surface area contributed by atoms with Gasteiger partial charge in [-0.2, -0.15) is 4.31 Å². The molecule has 18 heavy (non-hydrogen) atoms. The molecular formula is C12H19N3O2S. The molecule has 1 fully saturated rings. The molecule has 0 spiro atoms. The van der Waals surface area contributed by atoms with Crippen LogP contribution in [0.15, 0.2) is 24.4 Å². The van der Waals surface area contributed by atoms with Crippen LogP contribution in [0.3, 0.4) is 0 Å². The summed E-state index contributed by atoms with van der Waals surface area (Å²) in [6, 6.07) is 5.26. The molecule has 2 N–H and O–H groups in total. The van der Waals surface area contributed by atoms with Gasteiger partial charge in [0.25, 0.3) is 0 Å². The molecule has 0 unspecified atom stereocenters. The monoisotopic (exact) mass is 269 g/mol. The average molecular weight is 269 g/mol. The summed E-state index contributed by atoms with van der Waals surface area (Å²) < 4.78 is 26.3. The zero-order chi connectivity index (χ0) is 13.0. The van der Waals surface area contributed by atoms with Gasteiger partial charge in [-0.15, -0.1) is 0 Å². The zero-order valence-electron chi connectivity index (χ0n) is 10.3. The maximum atomic E-state index is 12.4. The first-order chi connectivity index (χ1) is 8.63. The number of nitrogens with zero attached hydrogens (tertiary/aromatic N) is 2. The van der Waals surface area contributed by atoms with Crippen LogP contribution in [0.25, 0.3) is 0 Å². The number of sulfonamides is 1. The predicted octanol–water partition coefficient (Wildman–Crippen LogP) is 0.725. The van der Waals surface area contributed by atoms with E-state index in [0.717, 1.165) is 19.3 Å². The molecule has 0 amide bonds. The number of rotatable bonds is 4. The summed E-state index contributed by atoms with van der Waals surface area (Å²) in [5.41, 5.74) is 6.24. The Morgan fingerprint density at radius 3 is 2.89 bits per heavy atom. The zero-order valence-corrected chi connectivity index (χ0v) is 11.1. The molecule has 5 nitrogen and oxygen atoms in total. The first-order valence-electron chi connectivity index (χ1n) is 6.23. The SMILES string of the molecule is NC[C@@H]1CCCCN1S(=O)(=O)Cc1ccccn1. The smallest absolute Gasteiger partial charge is 0.220 e. The summed E-state index contributed by atoms with van der Waals surface area (Å²) in [5.74, 6) is -0.0374. The third kappa shape index (κ3) is 3.07. The van der Waals surface area contributed by atoms with Gasteiger partial charge in [-0.1, -0.05) is 12.5 Å². The molecule has 0 bridgehead atoms. The van der Waals surface area contributed by atoms with E-state index in [2.05, 4.69) is 4.98 Å². The first kappa shape index (κ1) is 13.5. The van der Waals surface area contributed by atoms with Gasteiger partial charge < -0.3 is 5.73 Å². The van der Waals surface area contributed by atoms with Crippen LogP contribution in [-0.2, 0) is 15.8 Å². The van der Waals surface area contributed by atoms with Crippen molar-refractivity contribution >= 4 is 10.0 Å². The van der Waals surface area contributed by atoms with Crippen molar-refractivity contribution in [3.8, 4) is 0 Å². The van der Waals surface area contributed by atoms with E-state index in [4.69, 9.17) is 5.73 Å². The quantitative estimate of drug-likeness (QED) is 0.874. The van der Waals surface area contributed by atoms with E-state index in [1.807, 2.05) is 0 Å². The number of piperidine rings is 1. The van der Waals surface area contributed by atoms with Gasteiger partial charge in [-0.05, 0) is 25.0 Å². The van der Waals surface area contributed by atoms with E-state index >= 15 is 0 Å². The van der Waals surface area contributed by atoms with E-state index in [1.165, 1.54) is 0 Å². The van der Waals surface area contributed by atoms with Gasteiger partial charge in [0, 0.05) is 25.3 Å². The van der Waals surface area contributed by atoms with Gasteiger partial charge in [0.05, 0.1) is 5.69 Å². The molecule has 100 valence electrons. The van der Waals surface area contributed by atoms with Crippen LogP contribution in [-0.4, -0.2) is 36.8 Å². The fourth-order valence-corrected chi connectivity index (χ4v) is 4.09. The van der Waals surface area contributed by atoms with Crippen LogP contribution in [0.4, 0.5) is 0 Å². The van der Waals surface area contributed by atoms with Crippen molar-refractivity contribution in [2.45, 2.75) is 31.1 Å². The van der Waals surface area contributed by atoms with Gasteiger partial charge in [-0.25, -0.2) is 8.42 Å². The molecule has 0 saturated carbocycles. The minimum absolute atomic E-state index is 0.0374. The van der Waals surface area contributed by atoms with Crippen molar-refractivity contribution in [2.75, 3.05) is 13.1 Å². The Hall–Kier alpha value is -0.980. The Bertz CT molecular complexity index is 475. The summed E-state index contributed by atoms with van der Waals surface area (Å²) in [4.78, 5) is 4.07. The number of nitrogens with two attached hydrogens (primary N) is 1. The Balaban J connectivity index is 2.14. The highest BCUT2D eigenvalue weighted by molar-refractivity contribution is 7.88. The molecule has 1 saturated heterocycles. The second-order valence-electron chi connectivity index (χ2n) is 4.57. The molecule has 2 heterocycles. The highest BCUT2D eigenvalue weighted by atomic mass is 32.2. The van der Waals surface area contributed by atoms with Gasteiger partial charge >= 0.3 is 0 Å². The summed E-state index contributed by atoms with van der Waals surface area (Å²) in [6.07, 6.45) is 4.44. The van der Waals surface area contributed by atoms with Crippen LogP contribution < -0.4 is 5.73 Å². The lowest BCUT2D eigenvalue weighted by molar-refractivity contribution is 0.257. The second kappa shape index (κ2) is 5.77. The van der Waals surface area contributed by atoms with Crippen LogP contribution >= 0.6 is 0 Å². The number of hydrogen-bond donors (Lipinski definition) is 1. The predicted molar refractivity (Wildman–Crippen MR) is 70.3 cm³/mol. The average Bonchev–Trinajstić information content (AvgIpc) is 2.39. The molecule has 0 aromatic carbocycles. The van der Waals surface area contributed by atoms with Crippen molar-refractivity contribution in [3.05, 3.63) is 30.1 Å². The third-order valence-corrected chi connectivity index (χ3v) is 5.11. The molecule has 1 aromatic heterocycles. The van der Waals surface area contributed by atoms with Crippen molar-refractivity contribution < 1.29 is 8.42 Å². The second-order valence-corrected chi connectivity index (χ2v) is 6.49. The van der Waals surface area contributed by atoms with Gasteiger partial charge in [0.1, 0.15) is 5.75 Å². The molecule has 6 heteroatoms. The van der Waals surface area contributed by atoms with Crippen molar-refractivity contribution in [3.63, 3.8) is 0 Å². The summed E-state index contributed by atoms with van der Waals surface area (Å²) in [7, 11) is -3.31. The lowest BCUT2D eigenvalue weighted by Crippen LogP contribution is -2.47. The number of hydrogen-bond acceptors (Lipinski definition) is 4. The van der Waals surface area contributed by atoms with Gasteiger partial charge in [-0.3, -0.25) is 4.98 Å². The summed E-state index contributed by atoms with van der Waals surface area (Å²) in [5, 5.41) is 0. The highest BCUT2D eigenvalue weighted by Crippen LogP contribution is 2.21. The van der Waals surface area contributed by atoms with Crippen LogP contribution in [0, 0.1) is 0 Å².